The second-order valence-corrected chi connectivity index (χ2v) is 3.76. The van der Waals surface area contributed by atoms with Gasteiger partial charge in [-0.1, -0.05) is 0 Å². The average molecular weight is 175 g/mol. The van der Waals surface area contributed by atoms with Crippen molar-refractivity contribution in [3.63, 3.8) is 0 Å². The number of nitrogens with zero attached hydrogens (tertiary/aromatic N) is 1. The van der Waals surface area contributed by atoms with Gasteiger partial charge >= 0.3 is 5.97 Å². The third kappa shape index (κ3) is 0.842. The molecule has 2 aliphatic rings. The third-order valence-corrected chi connectivity index (χ3v) is 2.86. The largest absolute Gasteiger partial charge is 0.461 e. The van der Waals surface area contributed by atoms with Crippen LogP contribution in [-0.2, 0) is 10.2 Å². The zero-order valence-electron chi connectivity index (χ0n) is 7.12. The van der Waals surface area contributed by atoms with E-state index in [1.807, 2.05) is 0 Å². The molecule has 1 aromatic rings. The summed E-state index contributed by atoms with van der Waals surface area (Å²) in [4.78, 5) is 15.6. The predicted molar refractivity (Wildman–Crippen MR) is 45.4 cm³/mol. The molecule has 0 atom stereocenters. The minimum Gasteiger partial charge on any atom is -0.461 e. The zero-order chi connectivity index (χ0) is 8.89. The SMILES string of the molecule is O=C1OCC2(CC2)c2ncccc21. The molecule has 2 heterocycles. The van der Waals surface area contributed by atoms with Gasteiger partial charge in [0, 0.05) is 11.6 Å². The Morgan fingerprint density at radius 2 is 2.31 bits per heavy atom. The van der Waals surface area contributed by atoms with E-state index in [9.17, 15) is 4.79 Å². The van der Waals surface area contributed by atoms with Crippen LogP contribution in [0.15, 0.2) is 18.3 Å². The van der Waals surface area contributed by atoms with Gasteiger partial charge in [0.1, 0.15) is 6.61 Å². The molecule has 1 aromatic heterocycles. The van der Waals surface area contributed by atoms with Crippen molar-refractivity contribution >= 4 is 5.97 Å². The molecule has 0 radical (unpaired) electrons. The number of hydrogen-bond acceptors (Lipinski definition) is 3. The van der Waals surface area contributed by atoms with Crippen LogP contribution in [0.25, 0.3) is 0 Å². The number of esters is 1. The lowest BCUT2D eigenvalue weighted by molar-refractivity contribution is 0.0418. The van der Waals surface area contributed by atoms with Gasteiger partial charge < -0.3 is 4.74 Å². The molecule has 1 aliphatic heterocycles. The van der Waals surface area contributed by atoms with E-state index >= 15 is 0 Å². The van der Waals surface area contributed by atoms with Crippen molar-refractivity contribution in [3.05, 3.63) is 29.6 Å². The molecule has 0 bridgehead atoms. The number of carbonyl (C=O) groups is 1. The summed E-state index contributed by atoms with van der Waals surface area (Å²) in [6, 6.07) is 3.57. The second kappa shape index (κ2) is 2.10. The molecule has 1 spiro atoms. The van der Waals surface area contributed by atoms with E-state index in [0.717, 1.165) is 18.5 Å². The highest BCUT2D eigenvalue weighted by Crippen LogP contribution is 2.50. The van der Waals surface area contributed by atoms with Crippen molar-refractivity contribution in [1.82, 2.24) is 4.98 Å². The van der Waals surface area contributed by atoms with Crippen molar-refractivity contribution in [3.8, 4) is 0 Å². The fraction of sp³-hybridized carbons (Fsp3) is 0.400. The Morgan fingerprint density at radius 1 is 1.46 bits per heavy atom. The smallest absolute Gasteiger partial charge is 0.340 e. The van der Waals surface area contributed by atoms with Gasteiger partial charge in [0.15, 0.2) is 0 Å². The first-order chi connectivity index (χ1) is 6.32. The van der Waals surface area contributed by atoms with Gasteiger partial charge in [0.25, 0.3) is 0 Å². The number of fused-ring (bicyclic) bond motifs is 2. The first-order valence-electron chi connectivity index (χ1n) is 4.44. The lowest BCUT2D eigenvalue weighted by Crippen LogP contribution is -2.28. The predicted octanol–water partition coefficient (Wildman–Crippen LogP) is 1.28. The summed E-state index contributed by atoms with van der Waals surface area (Å²) < 4.78 is 5.10. The summed E-state index contributed by atoms with van der Waals surface area (Å²) in [6.45, 7) is 0.524. The maximum absolute atomic E-state index is 11.3. The molecule has 0 saturated heterocycles. The highest BCUT2D eigenvalue weighted by atomic mass is 16.5. The lowest BCUT2D eigenvalue weighted by atomic mass is 9.96. The molecule has 66 valence electrons. The van der Waals surface area contributed by atoms with Gasteiger partial charge in [0.2, 0.25) is 0 Å². The second-order valence-electron chi connectivity index (χ2n) is 3.76. The number of hydrogen-bond donors (Lipinski definition) is 0. The van der Waals surface area contributed by atoms with Crippen molar-refractivity contribution in [2.45, 2.75) is 18.3 Å². The Balaban J connectivity index is 2.22. The summed E-state index contributed by atoms with van der Waals surface area (Å²) in [5.74, 6) is -0.222. The fourth-order valence-electron chi connectivity index (χ4n) is 1.87. The number of ether oxygens (including phenoxy) is 1. The summed E-state index contributed by atoms with van der Waals surface area (Å²) >= 11 is 0. The quantitative estimate of drug-likeness (QED) is 0.557. The Kier molecular flexibility index (Phi) is 1.14. The van der Waals surface area contributed by atoms with Crippen LogP contribution in [0.1, 0.15) is 28.9 Å². The molecule has 3 nitrogen and oxygen atoms in total. The van der Waals surface area contributed by atoms with Crippen LogP contribution in [0.5, 0.6) is 0 Å². The van der Waals surface area contributed by atoms with Crippen LogP contribution < -0.4 is 0 Å². The number of carbonyl (C=O) groups excluding carboxylic acids is 1. The molecule has 13 heavy (non-hydrogen) atoms. The van der Waals surface area contributed by atoms with Gasteiger partial charge in [-0.2, -0.15) is 0 Å². The maximum Gasteiger partial charge on any atom is 0.340 e. The van der Waals surface area contributed by atoms with E-state index in [-0.39, 0.29) is 11.4 Å². The van der Waals surface area contributed by atoms with E-state index in [1.165, 1.54) is 0 Å². The van der Waals surface area contributed by atoms with Crippen LogP contribution in [-0.4, -0.2) is 17.6 Å². The fourth-order valence-corrected chi connectivity index (χ4v) is 1.87. The monoisotopic (exact) mass is 175 g/mol. The molecule has 0 unspecified atom stereocenters. The van der Waals surface area contributed by atoms with Crippen molar-refractivity contribution in [2.75, 3.05) is 6.61 Å². The van der Waals surface area contributed by atoms with Crippen molar-refractivity contribution in [2.24, 2.45) is 0 Å². The Morgan fingerprint density at radius 3 is 3.08 bits per heavy atom. The van der Waals surface area contributed by atoms with Crippen molar-refractivity contribution in [1.29, 1.82) is 0 Å². The van der Waals surface area contributed by atoms with E-state index in [4.69, 9.17) is 4.74 Å². The molecular weight excluding hydrogens is 166 g/mol. The highest BCUT2D eigenvalue weighted by Gasteiger charge is 2.51. The van der Waals surface area contributed by atoms with E-state index in [1.54, 1.807) is 18.3 Å². The normalized spacial score (nSPS) is 22.3. The third-order valence-electron chi connectivity index (χ3n) is 2.86. The van der Waals surface area contributed by atoms with Gasteiger partial charge in [0.05, 0.1) is 11.3 Å². The molecular formula is C10H9NO2. The summed E-state index contributed by atoms with van der Waals surface area (Å²) in [5.41, 5.74) is 1.70. The van der Waals surface area contributed by atoms with Crippen LogP contribution in [0.2, 0.25) is 0 Å². The molecule has 0 amide bonds. The van der Waals surface area contributed by atoms with Gasteiger partial charge in [-0.25, -0.2) is 4.79 Å². The molecule has 1 saturated carbocycles. The number of aromatic nitrogens is 1. The van der Waals surface area contributed by atoms with Gasteiger partial charge in [-0.05, 0) is 25.0 Å². The number of pyridine rings is 1. The summed E-state index contributed by atoms with van der Waals surface area (Å²) in [5, 5.41) is 0. The van der Waals surface area contributed by atoms with Gasteiger partial charge in [-0.15, -0.1) is 0 Å². The minimum atomic E-state index is -0.222. The molecule has 1 fully saturated rings. The zero-order valence-corrected chi connectivity index (χ0v) is 7.12. The highest BCUT2D eigenvalue weighted by molar-refractivity contribution is 5.92. The topological polar surface area (TPSA) is 39.2 Å². The molecule has 3 heteroatoms. The Bertz CT molecular complexity index is 382. The first kappa shape index (κ1) is 7.06. The van der Waals surface area contributed by atoms with Crippen molar-refractivity contribution < 1.29 is 9.53 Å². The van der Waals surface area contributed by atoms with E-state index in [2.05, 4.69) is 4.98 Å². The Labute approximate surface area is 75.7 Å². The summed E-state index contributed by atoms with van der Waals surface area (Å²) in [7, 11) is 0. The number of rotatable bonds is 0. The van der Waals surface area contributed by atoms with E-state index in [0.29, 0.717) is 12.2 Å². The summed E-state index contributed by atoms with van der Waals surface area (Å²) in [6.07, 6.45) is 3.95. The molecule has 0 N–H and O–H groups in total. The van der Waals surface area contributed by atoms with E-state index < -0.39 is 0 Å². The average Bonchev–Trinajstić information content (AvgIpc) is 2.94. The lowest BCUT2D eigenvalue weighted by Gasteiger charge is -2.22. The molecule has 3 rings (SSSR count). The molecule has 1 aliphatic carbocycles. The maximum atomic E-state index is 11.3. The van der Waals surface area contributed by atoms with Crippen LogP contribution >= 0.6 is 0 Å². The van der Waals surface area contributed by atoms with Crippen LogP contribution in [0.3, 0.4) is 0 Å². The van der Waals surface area contributed by atoms with Crippen LogP contribution in [0, 0.1) is 0 Å². The van der Waals surface area contributed by atoms with Gasteiger partial charge in [-0.3, -0.25) is 4.98 Å². The standard InChI is InChI=1S/C10H9NO2/c12-9-7-2-1-5-11-8(7)10(3-4-10)6-13-9/h1-2,5H,3-4,6H2. The first-order valence-corrected chi connectivity index (χ1v) is 4.44. The minimum absolute atomic E-state index is 0.0878. The molecule has 0 aromatic carbocycles. The Hall–Kier alpha value is -1.38. The van der Waals surface area contributed by atoms with Crippen LogP contribution in [0.4, 0.5) is 0 Å². The number of cyclic esters (lactones) is 1.